The van der Waals surface area contributed by atoms with Crippen LogP contribution in [0.25, 0.3) is 0 Å². The monoisotopic (exact) mass is 280 g/mol. The van der Waals surface area contributed by atoms with Crippen LogP contribution in [-0.2, 0) is 4.74 Å². The van der Waals surface area contributed by atoms with E-state index in [4.69, 9.17) is 4.74 Å². The molecule has 3 rings (SSSR count). The zero-order valence-corrected chi connectivity index (χ0v) is 12.0. The number of amides is 1. The molecule has 2 bridgehead atoms. The smallest absolute Gasteiger partial charge is 0.261 e. The van der Waals surface area contributed by atoms with E-state index in [9.17, 15) is 4.79 Å². The van der Waals surface area contributed by atoms with E-state index in [1.165, 1.54) is 17.8 Å². The number of hydrogen-bond donors (Lipinski definition) is 1. The van der Waals surface area contributed by atoms with E-state index in [1.807, 2.05) is 17.5 Å². The Hall–Kier alpha value is -0.910. The second kappa shape index (κ2) is 5.61. The zero-order chi connectivity index (χ0) is 13.2. The molecular formula is C14H20N2O2S. The van der Waals surface area contributed by atoms with Crippen molar-refractivity contribution in [1.29, 1.82) is 0 Å². The first kappa shape index (κ1) is 13.1. The molecule has 1 saturated heterocycles. The van der Waals surface area contributed by atoms with Crippen LogP contribution in [-0.4, -0.2) is 49.7 Å². The second-order valence-electron chi connectivity index (χ2n) is 5.43. The molecule has 1 aliphatic carbocycles. The van der Waals surface area contributed by atoms with Crippen LogP contribution in [0.4, 0.5) is 0 Å². The van der Waals surface area contributed by atoms with Gasteiger partial charge in [0.15, 0.2) is 0 Å². The topological polar surface area (TPSA) is 41.6 Å². The van der Waals surface area contributed by atoms with E-state index in [-0.39, 0.29) is 5.91 Å². The first-order valence-corrected chi connectivity index (χ1v) is 7.73. The van der Waals surface area contributed by atoms with Gasteiger partial charge < -0.3 is 10.1 Å². The van der Waals surface area contributed by atoms with Gasteiger partial charge in [-0.05, 0) is 30.2 Å². The average Bonchev–Trinajstić information content (AvgIpc) is 3.12. The Balaban J connectivity index is 1.52. The zero-order valence-electron chi connectivity index (χ0n) is 11.2. The molecule has 1 aromatic rings. The molecule has 2 aliphatic rings. The summed E-state index contributed by atoms with van der Waals surface area (Å²) < 4.78 is 5.14. The predicted molar refractivity (Wildman–Crippen MR) is 75.5 cm³/mol. The van der Waals surface area contributed by atoms with Crippen molar-refractivity contribution in [2.45, 2.75) is 24.9 Å². The van der Waals surface area contributed by atoms with Crippen molar-refractivity contribution >= 4 is 17.2 Å². The molecular weight excluding hydrogens is 260 g/mol. The Morgan fingerprint density at radius 2 is 2.47 bits per heavy atom. The van der Waals surface area contributed by atoms with Gasteiger partial charge in [-0.1, -0.05) is 6.07 Å². The molecule has 1 N–H and O–H groups in total. The van der Waals surface area contributed by atoms with Crippen molar-refractivity contribution in [2.24, 2.45) is 5.92 Å². The van der Waals surface area contributed by atoms with Crippen molar-refractivity contribution in [2.75, 3.05) is 26.8 Å². The van der Waals surface area contributed by atoms with Crippen molar-refractivity contribution in [3.63, 3.8) is 0 Å². The predicted octanol–water partition coefficient (Wildman–Crippen LogP) is 1.59. The molecule has 104 valence electrons. The maximum Gasteiger partial charge on any atom is 0.261 e. The number of carbonyl (C=O) groups excluding carboxylic acids is 1. The number of nitrogens with one attached hydrogen (secondary N) is 1. The van der Waals surface area contributed by atoms with Crippen LogP contribution in [0, 0.1) is 5.92 Å². The SMILES string of the molecule is COCCN1CC2CC1CC2NC(=O)c1cccs1. The van der Waals surface area contributed by atoms with Crippen molar-refractivity contribution in [3.05, 3.63) is 22.4 Å². The van der Waals surface area contributed by atoms with Gasteiger partial charge in [0, 0.05) is 32.3 Å². The largest absolute Gasteiger partial charge is 0.383 e. The van der Waals surface area contributed by atoms with E-state index < -0.39 is 0 Å². The normalized spacial score (nSPS) is 29.8. The maximum absolute atomic E-state index is 12.1. The summed E-state index contributed by atoms with van der Waals surface area (Å²) in [5.41, 5.74) is 0. The molecule has 3 atom stereocenters. The minimum absolute atomic E-state index is 0.0935. The number of nitrogens with zero attached hydrogens (tertiary/aromatic N) is 1. The first-order chi connectivity index (χ1) is 9.28. The molecule has 0 aromatic carbocycles. The van der Waals surface area contributed by atoms with Gasteiger partial charge in [-0.3, -0.25) is 9.69 Å². The van der Waals surface area contributed by atoms with Crippen molar-refractivity contribution < 1.29 is 9.53 Å². The molecule has 2 heterocycles. The molecule has 2 fully saturated rings. The highest BCUT2D eigenvalue weighted by atomic mass is 32.1. The molecule has 1 aliphatic heterocycles. The highest BCUT2D eigenvalue weighted by molar-refractivity contribution is 7.12. The molecule has 0 spiro atoms. The van der Waals surface area contributed by atoms with Crippen LogP contribution in [0.15, 0.2) is 17.5 Å². The minimum Gasteiger partial charge on any atom is -0.383 e. The Bertz CT molecular complexity index is 435. The minimum atomic E-state index is 0.0935. The number of piperidine rings is 1. The van der Waals surface area contributed by atoms with Crippen LogP contribution in [0.2, 0.25) is 0 Å². The van der Waals surface area contributed by atoms with E-state index in [1.54, 1.807) is 7.11 Å². The molecule has 4 nitrogen and oxygen atoms in total. The summed E-state index contributed by atoms with van der Waals surface area (Å²) in [7, 11) is 1.75. The van der Waals surface area contributed by atoms with E-state index >= 15 is 0 Å². The molecule has 5 heteroatoms. The van der Waals surface area contributed by atoms with E-state index in [0.29, 0.717) is 18.0 Å². The third kappa shape index (κ3) is 2.68. The maximum atomic E-state index is 12.1. The van der Waals surface area contributed by atoms with Crippen molar-refractivity contribution in [3.8, 4) is 0 Å². The fourth-order valence-corrected chi connectivity index (χ4v) is 3.98. The lowest BCUT2D eigenvalue weighted by Crippen LogP contribution is -2.46. The number of ether oxygens (including phenoxy) is 1. The summed E-state index contributed by atoms with van der Waals surface area (Å²) in [4.78, 5) is 15.4. The van der Waals surface area contributed by atoms with Gasteiger partial charge in [0.2, 0.25) is 0 Å². The van der Waals surface area contributed by atoms with Gasteiger partial charge in [-0.15, -0.1) is 11.3 Å². The molecule has 0 radical (unpaired) electrons. The van der Waals surface area contributed by atoms with Gasteiger partial charge in [-0.25, -0.2) is 0 Å². The third-order valence-corrected chi connectivity index (χ3v) is 5.17. The lowest BCUT2D eigenvalue weighted by molar-refractivity contribution is 0.0888. The number of thiophene rings is 1. The van der Waals surface area contributed by atoms with Gasteiger partial charge >= 0.3 is 0 Å². The number of carbonyl (C=O) groups is 1. The Labute approximate surface area is 117 Å². The Kier molecular flexibility index (Phi) is 3.86. The van der Waals surface area contributed by atoms with Crippen LogP contribution >= 0.6 is 11.3 Å². The molecule has 1 saturated carbocycles. The first-order valence-electron chi connectivity index (χ1n) is 6.85. The summed E-state index contributed by atoms with van der Waals surface area (Å²) in [6.45, 7) is 2.92. The molecule has 1 aromatic heterocycles. The van der Waals surface area contributed by atoms with Crippen LogP contribution in [0.1, 0.15) is 22.5 Å². The highest BCUT2D eigenvalue weighted by Gasteiger charge is 2.44. The quantitative estimate of drug-likeness (QED) is 0.890. The number of fused-ring (bicyclic) bond motifs is 2. The van der Waals surface area contributed by atoms with E-state index in [0.717, 1.165) is 31.0 Å². The van der Waals surface area contributed by atoms with Crippen molar-refractivity contribution in [1.82, 2.24) is 10.2 Å². The van der Waals surface area contributed by atoms with Gasteiger partial charge in [0.1, 0.15) is 0 Å². The summed E-state index contributed by atoms with van der Waals surface area (Å²) in [5.74, 6) is 0.710. The van der Waals surface area contributed by atoms with E-state index in [2.05, 4.69) is 10.2 Å². The van der Waals surface area contributed by atoms with Gasteiger partial charge in [0.25, 0.3) is 5.91 Å². The fraction of sp³-hybridized carbons (Fsp3) is 0.643. The lowest BCUT2D eigenvalue weighted by atomic mass is 10.0. The molecule has 3 unspecified atom stereocenters. The summed E-state index contributed by atoms with van der Waals surface area (Å²) in [6.07, 6.45) is 2.31. The van der Waals surface area contributed by atoms with Gasteiger partial charge in [0.05, 0.1) is 11.5 Å². The standard InChI is InChI=1S/C14H20N2O2S/c1-18-5-4-16-9-10-7-11(16)8-12(10)15-14(17)13-3-2-6-19-13/h2-3,6,10-12H,4-5,7-9H2,1H3,(H,15,17). The summed E-state index contributed by atoms with van der Waals surface area (Å²) in [5, 5.41) is 5.15. The molecule has 19 heavy (non-hydrogen) atoms. The second-order valence-corrected chi connectivity index (χ2v) is 6.38. The highest BCUT2D eigenvalue weighted by Crippen LogP contribution is 2.37. The van der Waals surface area contributed by atoms with Gasteiger partial charge in [-0.2, -0.15) is 0 Å². The fourth-order valence-electron chi connectivity index (χ4n) is 3.35. The Morgan fingerprint density at radius 3 is 3.11 bits per heavy atom. The number of hydrogen-bond acceptors (Lipinski definition) is 4. The average molecular weight is 280 g/mol. The third-order valence-electron chi connectivity index (χ3n) is 4.30. The lowest BCUT2D eigenvalue weighted by Gasteiger charge is -2.31. The van der Waals surface area contributed by atoms with Crippen LogP contribution in [0.5, 0.6) is 0 Å². The molecule has 1 amide bonds. The van der Waals surface area contributed by atoms with Crippen LogP contribution < -0.4 is 5.32 Å². The Morgan fingerprint density at radius 1 is 1.58 bits per heavy atom. The summed E-state index contributed by atoms with van der Waals surface area (Å²) >= 11 is 1.51. The number of likely N-dealkylation sites (tertiary alicyclic amines) is 1. The van der Waals surface area contributed by atoms with Crippen LogP contribution in [0.3, 0.4) is 0 Å². The summed E-state index contributed by atoms with van der Waals surface area (Å²) in [6, 6.07) is 4.80. The number of methoxy groups -OCH3 is 1. The number of rotatable bonds is 5.